The topological polar surface area (TPSA) is 43.1 Å². The van der Waals surface area contributed by atoms with Crippen LogP contribution in [0.4, 0.5) is 10.1 Å². The van der Waals surface area contributed by atoms with E-state index in [0.717, 1.165) is 0 Å². The van der Waals surface area contributed by atoms with E-state index in [-0.39, 0.29) is 5.84 Å². The van der Waals surface area contributed by atoms with E-state index in [4.69, 9.17) is 23.2 Å². The van der Waals surface area contributed by atoms with Gasteiger partial charge >= 0.3 is 0 Å². The first-order chi connectivity index (χ1) is 8.20. The van der Waals surface area contributed by atoms with Crippen molar-refractivity contribution in [3.63, 3.8) is 0 Å². The molecule has 88 valence electrons. The molecule has 0 unspecified atom stereocenters. The summed E-state index contributed by atoms with van der Waals surface area (Å²) < 4.78 is 14.1. The molecule has 4 nitrogen and oxygen atoms in total. The van der Waals surface area contributed by atoms with Crippen LogP contribution in [0.15, 0.2) is 35.8 Å². The van der Waals surface area contributed by atoms with E-state index in [1.54, 1.807) is 18.2 Å². The smallest absolute Gasteiger partial charge is 0.163 e. The standard InChI is InChI=1S/C10H7Cl2FN4/c11-7-1-2-9(8(12)3-7)16-10(4-13)17-6-14-5-15-17/h1-3,5-6H,4H2/b16-10+. The Kier molecular flexibility index (Phi) is 3.71. The molecule has 0 amide bonds. The van der Waals surface area contributed by atoms with Crippen LogP contribution in [0.25, 0.3) is 0 Å². The first-order valence-electron chi connectivity index (χ1n) is 4.64. The van der Waals surface area contributed by atoms with Crippen LogP contribution in [0, 0.1) is 0 Å². The van der Waals surface area contributed by atoms with Gasteiger partial charge in [0.05, 0.1) is 10.7 Å². The number of alkyl halides is 1. The summed E-state index contributed by atoms with van der Waals surface area (Å²) in [5, 5.41) is 4.64. The molecule has 1 aromatic heterocycles. The highest BCUT2D eigenvalue weighted by Gasteiger charge is 2.05. The van der Waals surface area contributed by atoms with Crippen LogP contribution >= 0.6 is 23.2 Å². The molecule has 0 atom stereocenters. The summed E-state index contributed by atoms with van der Waals surface area (Å²) in [7, 11) is 0. The molecule has 0 spiro atoms. The van der Waals surface area contributed by atoms with Crippen LogP contribution < -0.4 is 0 Å². The number of aliphatic imine (C=N–C) groups is 1. The van der Waals surface area contributed by atoms with Crippen LogP contribution in [0.1, 0.15) is 0 Å². The van der Waals surface area contributed by atoms with Gasteiger partial charge in [0.25, 0.3) is 0 Å². The minimum absolute atomic E-state index is 0.103. The van der Waals surface area contributed by atoms with Crippen molar-refractivity contribution in [2.24, 2.45) is 4.99 Å². The number of benzene rings is 1. The Morgan fingerprint density at radius 3 is 2.82 bits per heavy atom. The monoisotopic (exact) mass is 272 g/mol. The van der Waals surface area contributed by atoms with Gasteiger partial charge in [0.1, 0.15) is 19.3 Å². The van der Waals surface area contributed by atoms with Gasteiger partial charge in [-0.15, -0.1) is 0 Å². The van der Waals surface area contributed by atoms with Crippen LogP contribution in [-0.2, 0) is 0 Å². The Balaban J connectivity index is 2.40. The molecular formula is C10H7Cl2FN4. The fourth-order valence-electron chi connectivity index (χ4n) is 1.19. The van der Waals surface area contributed by atoms with Crippen LogP contribution in [0.2, 0.25) is 10.0 Å². The molecular weight excluding hydrogens is 266 g/mol. The van der Waals surface area contributed by atoms with Gasteiger partial charge in [-0.25, -0.2) is 19.0 Å². The van der Waals surface area contributed by atoms with Crippen molar-refractivity contribution in [1.82, 2.24) is 14.8 Å². The molecule has 0 aliphatic rings. The molecule has 2 aromatic rings. The molecule has 1 heterocycles. The largest absolute Gasteiger partial charge is 0.242 e. The van der Waals surface area contributed by atoms with Crippen molar-refractivity contribution in [3.05, 3.63) is 40.9 Å². The van der Waals surface area contributed by atoms with Crippen LogP contribution in [-0.4, -0.2) is 27.3 Å². The molecule has 0 aliphatic heterocycles. The fourth-order valence-corrected chi connectivity index (χ4v) is 1.65. The third kappa shape index (κ3) is 2.81. The molecule has 0 N–H and O–H groups in total. The summed E-state index contributed by atoms with van der Waals surface area (Å²) in [6.07, 6.45) is 2.66. The van der Waals surface area contributed by atoms with E-state index in [9.17, 15) is 4.39 Å². The average Bonchev–Trinajstić information content (AvgIpc) is 2.81. The molecule has 0 fully saturated rings. The molecule has 0 saturated heterocycles. The molecule has 0 aliphatic carbocycles. The third-order valence-corrected chi connectivity index (χ3v) is 2.50. The van der Waals surface area contributed by atoms with Gasteiger partial charge in [-0.2, -0.15) is 5.10 Å². The molecule has 7 heteroatoms. The summed E-state index contributed by atoms with van der Waals surface area (Å²) in [6.45, 7) is -0.775. The highest BCUT2D eigenvalue weighted by molar-refractivity contribution is 6.36. The quantitative estimate of drug-likeness (QED) is 0.623. The Labute approximate surface area is 107 Å². The maximum Gasteiger partial charge on any atom is 0.163 e. The van der Waals surface area contributed by atoms with E-state index in [1.807, 2.05) is 0 Å². The lowest BCUT2D eigenvalue weighted by Crippen LogP contribution is -2.14. The lowest BCUT2D eigenvalue weighted by atomic mass is 10.3. The zero-order valence-corrected chi connectivity index (χ0v) is 10.0. The van der Waals surface area contributed by atoms with Crippen molar-refractivity contribution in [2.75, 3.05) is 6.67 Å². The minimum atomic E-state index is -0.775. The normalized spacial score (nSPS) is 11.8. The van der Waals surface area contributed by atoms with Gasteiger partial charge < -0.3 is 0 Å². The van der Waals surface area contributed by atoms with E-state index in [1.165, 1.54) is 17.3 Å². The number of rotatable bonds is 2. The molecule has 0 bridgehead atoms. The molecule has 0 saturated carbocycles. The maximum atomic E-state index is 12.8. The van der Waals surface area contributed by atoms with Crippen molar-refractivity contribution < 1.29 is 4.39 Å². The van der Waals surface area contributed by atoms with Crippen molar-refractivity contribution in [2.45, 2.75) is 0 Å². The summed E-state index contributed by atoms with van der Waals surface area (Å²) in [4.78, 5) is 7.79. The summed E-state index contributed by atoms with van der Waals surface area (Å²) in [5.41, 5.74) is 0.430. The number of hydrogen-bond donors (Lipinski definition) is 0. The second kappa shape index (κ2) is 5.25. The lowest BCUT2D eigenvalue weighted by Gasteiger charge is -2.03. The summed E-state index contributed by atoms with van der Waals surface area (Å²) >= 11 is 11.7. The second-order valence-corrected chi connectivity index (χ2v) is 3.94. The first kappa shape index (κ1) is 12.0. The number of halogens is 3. The first-order valence-corrected chi connectivity index (χ1v) is 5.40. The predicted octanol–water partition coefficient (Wildman–Crippen LogP) is 3.13. The highest BCUT2D eigenvalue weighted by atomic mass is 35.5. The van der Waals surface area contributed by atoms with Crippen molar-refractivity contribution >= 4 is 34.7 Å². The lowest BCUT2D eigenvalue weighted by molar-refractivity contribution is 0.568. The van der Waals surface area contributed by atoms with Gasteiger partial charge in [-0.3, -0.25) is 0 Å². The minimum Gasteiger partial charge on any atom is -0.242 e. The van der Waals surface area contributed by atoms with Crippen LogP contribution in [0.5, 0.6) is 0 Å². The molecule has 0 radical (unpaired) electrons. The van der Waals surface area contributed by atoms with Crippen LogP contribution in [0.3, 0.4) is 0 Å². The highest BCUT2D eigenvalue weighted by Crippen LogP contribution is 2.28. The van der Waals surface area contributed by atoms with E-state index >= 15 is 0 Å². The van der Waals surface area contributed by atoms with Gasteiger partial charge in [-0.05, 0) is 18.2 Å². The molecule has 2 rings (SSSR count). The van der Waals surface area contributed by atoms with E-state index in [0.29, 0.717) is 15.7 Å². The summed E-state index contributed by atoms with van der Waals surface area (Å²) in [5.74, 6) is 0.103. The van der Waals surface area contributed by atoms with Gasteiger partial charge in [0.2, 0.25) is 0 Å². The molecule has 17 heavy (non-hydrogen) atoms. The average molecular weight is 273 g/mol. The van der Waals surface area contributed by atoms with E-state index < -0.39 is 6.67 Å². The van der Waals surface area contributed by atoms with Gasteiger partial charge in [0, 0.05) is 5.02 Å². The Morgan fingerprint density at radius 2 is 2.24 bits per heavy atom. The molecule has 1 aromatic carbocycles. The van der Waals surface area contributed by atoms with Gasteiger partial charge in [-0.1, -0.05) is 23.2 Å². The SMILES string of the molecule is FC/C(=N\c1ccc(Cl)cc1Cl)n1cncn1. The number of aromatic nitrogens is 3. The zero-order chi connectivity index (χ0) is 12.3. The van der Waals surface area contributed by atoms with Crippen molar-refractivity contribution in [1.29, 1.82) is 0 Å². The van der Waals surface area contributed by atoms with Gasteiger partial charge in [0.15, 0.2) is 5.84 Å². The third-order valence-electron chi connectivity index (χ3n) is 1.96. The Hall–Kier alpha value is -1.46. The van der Waals surface area contributed by atoms with E-state index in [2.05, 4.69) is 15.1 Å². The van der Waals surface area contributed by atoms with Crippen molar-refractivity contribution in [3.8, 4) is 0 Å². The zero-order valence-electron chi connectivity index (χ0n) is 8.52. The fraction of sp³-hybridized carbons (Fsp3) is 0.100. The second-order valence-electron chi connectivity index (χ2n) is 3.10. The Bertz CT molecular complexity index is 539. The number of hydrogen-bond acceptors (Lipinski definition) is 3. The Morgan fingerprint density at radius 1 is 1.41 bits per heavy atom. The number of nitrogens with zero attached hydrogens (tertiary/aromatic N) is 4. The summed E-state index contributed by atoms with van der Waals surface area (Å²) in [6, 6.07) is 4.78. The maximum absolute atomic E-state index is 12.8. The predicted molar refractivity (Wildman–Crippen MR) is 65.0 cm³/mol.